The van der Waals surface area contributed by atoms with E-state index in [0.29, 0.717) is 0 Å². The van der Waals surface area contributed by atoms with Gasteiger partial charge >= 0.3 is 0 Å². The van der Waals surface area contributed by atoms with Gasteiger partial charge < -0.3 is 20.9 Å². The molecule has 4 N–H and O–H groups in total. The second kappa shape index (κ2) is 15.9. The normalized spacial score (nSPS) is 11.4. The highest BCUT2D eigenvalue weighted by Gasteiger charge is 2.28. The minimum absolute atomic E-state index is 0.125. The van der Waals surface area contributed by atoms with Crippen molar-refractivity contribution in [1.82, 2.24) is 0 Å². The van der Waals surface area contributed by atoms with Crippen LogP contribution in [0.3, 0.4) is 0 Å². The summed E-state index contributed by atoms with van der Waals surface area (Å²) in [7, 11) is 0. The van der Waals surface area contributed by atoms with E-state index >= 15 is 0 Å². The van der Waals surface area contributed by atoms with Crippen molar-refractivity contribution in [2.75, 3.05) is 11.5 Å². The zero-order chi connectivity index (χ0) is 29.6. The van der Waals surface area contributed by atoms with Crippen molar-refractivity contribution in [3.63, 3.8) is 0 Å². The van der Waals surface area contributed by atoms with Crippen molar-refractivity contribution < 1.29 is 9.47 Å². The summed E-state index contributed by atoms with van der Waals surface area (Å²) in [5.74, 6) is 3.19. The molecule has 4 rings (SSSR count). The number of ether oxygens (including phenoxy) is 2. The summed E-state index contributed by atoms with van der Waals surface area (Å²) in [6.07, 6.45) is 14.4. The number of rotatable bonds is 17. The lowest BCUT2D eigenvalue weighted by atomic mass is 9.72. The van der Waals surface area contributed by atoms with Crippen LogP contribution in [0.25, 0.3) is 0 Å². The highest BCUT2D eigenvalue weighted by atomic mass is 16.5. The molecule has 0 fully saturated rings. The van der Waals surface area contributed by atoms with Crippen LogP contribution in [0.4, 0.5) is 11.4 Å². The van der Waals surface area contributed by atoms with E-state index < -0.39 is 0 Å². The van der Waals surface area contributed by atoms with E-state index in [4.69, 9.17) is 20.9 Å². The monoisotopic (exact) mass is 564 g/mol. The molecule has 0 heterocycles. The van der Waals surface area contributed by atoms with Gasteiger partial charge in [-0.25, -0.2) is 0 Å². The van der Waals surface area contributed by atoms with Gasteiger partial charge in [-0.3, -0.25) is 0 Å². The maximum Gasteiger partial charge on any atom is 0.127 e. The molecule has 0 atom stereocenters. The molecule has 0 aliphatic heterocycles. The summed E-state index contributed by atoms with van der Waals surface area (Å²) in [6, 6.07) is 32.1. The van der Waals surface area contributed by atoms with Gasteiger partial charge in [0.25, 0.3) is 0 Å². The first-order valence-corrected chi connectivity index (χ1v) is 15.7. The number of unbranched alkanes of at least 4 members (excludes halogenated alkanes) is 9. The molecule has 4 aromatic carbocycles. The fraction of sp³-hybridized carbons (Fsp3) is 0.368. The van der Waals surface area contributed by atoms with Crippen molar-refractivity contribution in [3.8, 4) is 23.0 Å². The van der Waals surface area contributed by atoms with Crippen molar-refractivity contribution >= 4 is 11.4 Å². The predicted molar refractivity (Wildman–Crippen MR) is 178 cm³/mol. The Hall–Kier alpha value is -3.92. The van der Waals surface area contributed by atoms with Crippen LogP contribution in [0.5, 0.6) is 23.0 Å². The van der Waals surface area contributed by atoms with Crippen LogP contribution in [0, 0.1) is 0 Å². The van der Waals surface area contributed by atoms with Gasteiger partial charge in [0.15, 0.2) is 0 Å². The molecule has 0 bridgehead atoms. The standard InChI is InChI=1S/C38H48N2O2/c1-3-4-5-6-7-8-9-10-11-12-29-38(2,30-13-21-34(22-14-30)41-36-25-17-32(39)18-26-36)31-15-23-35(24-16-31)42-37-27-19-33(40)20-28-37/h13-28H,3-12,29,39-40H2,1-2H3. The summed E-state index contributed by atoms with van der Waals surface area (Å²) < 4.78 is 12.1. The molecular formula is C38H48N2O2. The first kappa shape index (κ1) is 31.0. The third kappa shape index (κ3) is 9.30. The number of benzene rings is 4. The molecule has 42 heavy (non-hydrogen) atoms. The Morgan fingerprint density at radius 3 is 1.12 bits per heavy atom. The molecule has 0 unspecified atom stereocenters. The SMILES string of the molecule is CCCCCCCCCCCCC(C)(c1ccc(Oc2ccc(N)cc2)cc1)c1ccc(Oc2ccc(N)cc2)cc1. The number of nitrogen functional groups attached to an aromatic ring is 2. The highest BCUT2D eigenvalue weighted by Crippen LogP contribution is 2.39. The molecule has 0 aromatic heterocycles. The van der Waals surface area contributed by atoms with Gasteiger partial charge in [-0.05, 0) is 90.3 Å². The van der Waals surface area contributed by atoms with Crippen LogP contribution >= 0.6 is 0 Å². The zero-order valence-electron chi connectivity index (χ0n) is 25.5. The van der Waals surface area contributed by atoms with E-state index in [-0.39, 0.29) is 5.41 Å². The van der Waals surface area contributed by atoms with E-state index in [9.17, 15) is 0 Å². The lowest BCUT2D eigenvalue weighted by molar-refractivity contribution is 0.462. The van der Waals surface area contributed by atoms with Gasteiger partial charge in [-0.1, -0.05) is 102 Å². The van der Waals surface area contributed by atoms with Crippen LogP contribution in [0.15, 0.2) is 97.1 Å². The Kier molecular flexibility index (Phi) is 11.8. The maximum atomic E-state index is 6.07. The predicted octanol–water partition coefficient (Wildman–Crippen LogP) is 11.1. The summed E-state index contributed by atoms with van der Waals surface area (Å²) in [6.45, 7) is 4.65. The molecule has 0 saturated carbocycles. The Morgan fingerprint density at radius 1 is 0.452 bits per heavy atom. The number of hydrogen-bond donors (Lipinski definition) is 2. The largest absolute Gasteiger partial charge is 0.457 e. The Balaban J connectivity index is 1.42. The lowest BCUT2D eigenvalue weighted by Gasteiger charge is -2.31. The van der Waals surface area contributed by atoms with Crippen LogP contribution in [0.2, 0.25) is 0 Å². The van der Waals surface area contributed by atoms with Crippen molar-refractivity contribution in [2.45, 2.75) is 89.9 Å². The Bertz CT molecular complexity index is 1220. The third-order valence-electron chi connectivity index (χ3n) is 8.24. The minimum Gasteiger partial charge on any atom is -0.457 e. The smallest absolute Gasteiger partial charge is 0.127 e. The molecule has 0 saturated heterocycles. The van der Waals surface area contributed by atoms with Gasteiger partial charge in [0.2, 0.25) is 0 Å². The Morgan fingerprint density at radius 2 is 0.762 bits per heavy atom. The minimum atomic E-state index is -0.125. The molecule has 4 nitrogen and oxygen atoms in total. The summed E-state index contributed by atoms with van der Waals surface area (Å²) >= 11 is 0. The second-order valence-electron chi connectivity index (χ2n) is 11.7. The quantitative estimate of drug-likeness (QED) is 0.0988. The van der Waals surface area contributed by atoms with E-state index in [0.717, 1.165) is 40.8 Å². The molecular weight excluding hydrogens is 516 g/mol. The van der Waals surface area contributed by atoms with Crippen LogP contribution in [0.1, 0.15) is 95.6 Å². The van der Waals surface area contributed by atoms with Crippen LogP contribution < -0.4 is 20.9 Å². The van der Waals surface area contributed by atoms with E-state index in [1.54, 1.807) is 0 Å². The van der Waals surface area contributed by atoms with Crippen molar-refractivity contribution in [1.29, 1.82) is 0 Å². The average Bonchev–Trinajstić information content (AvgIpc) is 3.01. The number of anilines is 2. The molecule has 0 spiro atoms. The molecule has 0 radical (unpaired) electrons. The van der Waals surface area contributed by atoms with Crippen molar-refractivity contribution in [2.24, 2.45) is 0 Å². The molecule has 4 aromatic rings. The van der Waals surface area contributed by atoms with Gasteiger partial charge in [-0.2, -0.15) is 0 Å². The molecule has 4 heteroatoms. The topological polar surface area (TPSA) is 70.5 Å². The molecule has 0 amide bonds. The Labute approximate surface area is 253 Å². The average molecular weight is 565 g/mol. The summed E-state index contributed by atoms with van der Waals surface area (Å²) in [4.78, 5) is 0. The van der Waals surface area contributed by atoms with E-state index in [1.807, 2.05) is 48.5 Å². The van der Waals surface area contributed by atoms with Crippen molar-refractivity contribution in [3.05, 3.63) is 108 Å². The second-order valence-corrected chi connectivity index (χ2v) is 11.7. The first-order chi connectivity index (χ1) is 20.5. The van der Waals surface area contributed by atoms with Gasteiger partial charge in [0, 0.05) is 16.8 Å². The zero-order valence-corrected chi connectivity index (χ0v) is 25.5. The summed E-state index contributed by atoms with van der Waals surface area (Å²) in [5, 5.41) is 0. The lowest BCUT2D eigenvalue weighted by Crippen LogP contribution is -2.23. The third-order valence-corrected chi connectivity index (χ3v) is 8.24. The van der Waals surface area contributed by atoms with Gasteiger partial charge in [0.05, 0.1) is 0 Å². The molecule has 0 aliphatic carbocycles. The highest BCUT2D eigenvalue weighted by molar-refractivity contribution is 5.47. The van der Waals surface area contributed by atoms with Crippen LogP contribution in [-0.2, 0) is 5.41 Å². The number of nitrogens with two attached hydrogens (primary N) is 2. The van der Waals surface area contributed by atoms with Crippen LogP contribution in [-0.4, -0.2) is 0 Å². The maximum absolute atomic E-state index is 6.07. The fourth-order valence-corrected chi connectivity index (χ4v) is 5.55. The first-order valence-electron chi connectivity index (χ1n) is 15.7. The number of hydrogen-bond acceptors (Lipinski definition) is 4. The van der Waals surface area contributed by atoms with E-state index in [2.05, 4.69) is 62.4 Å². The van der Waals surface area contributed by atoms with E-state index in [1.165, 1.54) is 75.3 Å². The fourth-order valence-electron chi connectivity index (χ4n) is 5.55. The summed E-state index contributed by atoms with van der Waals surface area (Å²) in [5.41, 5.74) is 15.6. The molecule has 0 aliphatic rings. The molecule has 222 valence electrons. The van der Waals surface area contributed by atoms with Gasteiger partial charge in [-0.15, -0.1) is 0 Å². The van der Waals surface area contributed by atoms with Gasteiger partial charge in [0.1, 0.15) is 23.0 Å².